The van der Waals surface area contributed by atoms with E-state index in [2.05, 4.69) is 50.3 Å². The van der Waals surface area contributed by atoms with Crippen molar-refractivity contribution in [1.82, 2.24) is 0 Å². The number of esters is 2. The van der Waals surface area contributed by atoms with Crippen LogP contribution in [0.1, 0.15) is 194 Å². The first-order valence-electron chi connectivity index (χ1n) is 23.1. The van der Waals surface area contributed by atoms with Gasteiger partial charge in [0.1, 0.15) is 31.0 Å². The first-order valence-corrected chi connectivity index (χ1v) is 23.1. The SMILES string of the molecule is CCCCC/C=C/C/C=C/CCCCCCCCCC(=O)OC[C@@H](CO[C@H]1O[C@@H](CO)[C@@H](O)C(O)C1O)OC(=O)CCCCCCCCC/C=C/CCCCCC. The van der Waals surface area contributed by atoms with Crippen LogP contribution in [0.15, 0.2) is 36.5 Å². The summed E-state index contributed by atoms with van der Waals surface area (Å²) in [6.07, 6.45) is 35.7. The highest BCUT2D eigenvalue weighted by molar-refractivity contribution is 5.70. The van der Waals surface area contributed by atoms with Crippen LogP contribution < -0.4 is 0 Å². The average Bonchev–Trinajstić information content (AvgIpc) is 3.21. The smallest absolute Gasteiger partial charge is 0.306 e. The summed E-state index contributed by atoms with van der Waals surface area (Å²) in [7, 11) is 0. The molecule has 10 heteroatoms. The monoisotopic (exact) mass is 809 g/mol. The number of carbonyl (C=O) groups excluding carboxylic acids is 2. The number of carbonyl (C=O) groups is 2. The topological polar surface area (TPSA) is 152 Å². The van der Waals surface area contributed by atoms with Crippen molar-refractivity contribution in [1.29, 1.82) is 0 Å². The van der Waals surface area contributed by atoms with Crippen molar-refractivity contribution in [2.45, 2.75) is 230 Å². The van der Waals surface area contributed by atoms with Crippen LogP contribution >= 0.6 is 0 Å². The van der Waals surface area contributed by atoms with Gasteiger partial charge in [0, 0.05) is 12.8 Å². The van der Waals surface area contributed by atoms with Gasteiger partial charge in [0.15, 0.2) is 12.4 Å². The summed E-state index contributed by atoms with van der Waals surface area (Å²) < 4.78 is 22.2. The minimum absolute atomic E-state index is 0.222. The number of aliphatic hydroxyl groups is 4. The molecule has 0 saturated carbocycles. The fourth-order valence-corrected chi connectivity index (χ4v) is 6.80. The maximum absolute atomic E-state index is 12.8. The number of rotatable bonds is 38. The van der Waals surface area contributed by atoms with Crippen molar-refractivity contribution >= 4 is 11.9 Å². The van der Waals surface area contributed by atoms with E-state index in [9.17, 15) is 30.0 Å². The molecule has 10 nitrogen and oxygen atoms in total. The minimum atomic E-state index is -1.60. The average molecular weight is 809 g/mol. The molecule has 1 heterocycles. The molecule has 0 aromatic heterocycles. The van der Waals surface area contributed by atoms with E-state index >= 15 is 0 Å². The maximum Gasteiger partial charge on any atom is 0.306 e. The lowest BCUT2D eigenvalue weighted by molar-refractivity contribution is -0.305. The lowest BCUT2D eigenvalue weighted by Gasteiger charge is -2.39. The summed E-state index contributed by atoms with van der Waals surface area (Å²) in [6.45, 7) is 3.38. The van der Waals surface area contributed by atoms with Crippen molar-refractivity contribution in [3.63, 3.8) is 0 Å². The van der Waals surface area contributed by atoms with Gasteiger partial charge in [0.05, 0.1) is 13.2 Å². The molecule has 0 amide bonds. The Morgan fingerprint density at radius 3 is 1.51 bits per heavy atom. The second-order valence-corrected chi connectivity index (χ2v) is 15.8. The zero-order valence-corrected chi connectivity index (χ0v) is 36.1. The number of ether oxygens (including phenoxy) is 4. The Kier molecular flexibility index (Phi) is 35.4. The first-order chi connectivity index (χ1) is 27.8. The van der Waals surface area contributed by atoms with Crippen LogP contribution in [0.25, 0.3) is 0 Å². The quantitative estimate of drug-likeness (QED) is 0.0270. The molecule has 2 unspecified atom stereocenters. The summed E-state index contributed by atoms with van der Waals surface area (Å²) in [4.78, 5) is 25.3. The van der Waals surface area contributed by atoms with Gasteiger partial charge in [-0.3, -0.25) is 9.59 Å². The number of aliphatic hydroxyl groups excluding tert-OH is 4. The van der Waals surface area contributed by atoms with Crippen molar-refractivity contribution in [3.8, 4) is 0 Å². The maximum atomic E-state index is 12.8. The van der Waals surface area contributed by atoms with Gasteiger partial charge in [-0.1, -0.05) is 147 Å². The van der Waals surface area contributed by atoms with E-state index in [0.29, 0.717) is 6.42 Å². The highest BCUT2D eigenvalue weighted by atomic mass is 16.7. The van der Waals surface area contributed by atoms with Gasteiger partial charge in [-0.15, -0.1) is 0 Å². The van der Waals surface area contributed by atoms with E-state index in [0.717, 1.165) is 64.2 Å². The zero-order chi connectivity index (χ0) is 41.6. The second-order valence-electron chi connectivity index (χ2n) is 15.8. The highest BCUT2D eigenvalue weighted by Gasteiger charge is 2.44. The molecule has 4 N–H and O–H groups in total. The van der Waals surface area contributed by atoms with Crippen LogP contribution in [-0.2, 0) is 28.5 Å². The van der Waals surface area contributed by atoms with Crippen molar-refractivity contribution in [2.24, 2.45) is 0 Å². The standard InChI is InChI=1S/C47H84O10/c1-3-5-7-9-11-13-15-17-19-20-22-23-25-27-29-31-33-35-42(49)54-38-40(39-55-47-46(53)45(52)44(51)41(37-48)57-47)56-43(50)36-34-32-30-28-26-24-21-18-16-14-12-10-8-6-4-2/h11,13-14,16-17,19,40-41,44-48,51-53H,3-10,12,15,18,20-39H2,1-2H3/b13-11+,16-14+,19-17+/t40-,41-,44+,45?,46?,47-/m0/s1. The lowest BCUT2D eigenvalue weighted by Crippen LogP contribution is -2.59. The molecule has 0 aromatic rings. The highest BCUT2D eigenvalue weighted by Crippen LogP contribution is 2.22. The minimum Gasteiger partial charge on any atom is -0.462 e. The van der Waals surface area contributed by atoms with E-state index in [4.69, 9.17) is 18.9 Å². The van der Waals surface area contributed by atoms with Crippen molar-refractivity contribution in [2.75, 3.05) is 19.8 Å². The summed E-state index contributed by atoms with van der Waals surface area (Å²) >= 11 is 0. The lowest BCUT2D eigenvalue weighted by atomic mass is 9.99. The molecule has 0 aliphatic carbocycles. The third-order valence-corrected chi connectivity index (χ3v) is 10.5. The van der Waals surface area contributed by atoms with E-state index in [1.54, 1.807) is 0 Å². The predicted octanol–water partition coefficient (Wildman–Crippen LogP) is 9.89. The molecule has 0 radical (unpaired) electrons. The molecule has 0 aromatic carbocycles. The van der Waals surface area contributed by atoms with Gasteiger partial charge in [-0.05, 0) is 70.6 Å². The molecular formula is C47H84O10. The van der Waals surface area contributed by atoms with Gasteiger partial charge in [-0.2, -0.15) is 0 Å². The fraction of sp³-hybridized carbons (Fsp3) is 0.830. The Balaban J connectivity index is 2.32. The molecule has 57 heavy (non-hydrogen) atoms. The van der Waals surface area contributed by atoms with Crippen LogP contribution in [0.3, 0.4) is 0 Å². The van der Waals surface area contributed by atoms with Gasteiger partial charge in [0.2, 0.25) is 0 Å². The molecule has 332 valence electrons. The van der Waals surface area contributed by atoms with Gasteiger partial charge < -0.3 is 39.4 Å². The summed E-state index contributed by atoms with van der Waals surface area (Å²) in [5.74, 6) is -0.818. The van der Waals surface area contributed by atoms with Crippen LogP contribution in [0, 0.1) is 0 Å². The molecule has 6 atom stereocenters. The van der Waals surface area contributed by atoms with Gasteiger partial charge in [0.25, 0.3) is 0 Å². The second kappa shape index (κ2) is 38.1. The number of hydrogen-bond donors (Lipinski definition) is 4. The Bertz CT molecular complexity index is 1030. The molecule has 1 fully saturated rings. The summed E-state index contributed by atoms with van der Waals surface area (Å²) in [5, 5.41) is 40.1. The molecule has 1 saturated heterocycles. The van der Waals surface area contributed by atoms with E-state index in [1.165, 1.54) is 96.3 Å². The number of unbranched alkanes of at least 4 members (excludes halogenated alkanes) is 21. The third kappa shape index (κ3) is 29.7. The van der Waals surface area contributed by atoms with E-state index in [1.807, 2.05) is 0 Å². The molecular weight excluding hydrogens is 725 g/mol. The molecule has 0 spiro atoms. The predicted molar refractivity (Wildman–Crippen MR) is 229 cm³/mol. The van der Waals surface area contributed by atoms with Crippen LogP contribution in [0.5, 0.6) is 0 Å². The van der Waals surface area contributed by atoms with Gasteiger partial charge in [-0.25, -0.2) is 0 Å². The Morgan fingerprint density at radius 1 is 0.544 bits per heavy atom. The fourth-order valence-electron chi connectivity index (χ4n) is 6.80. The largest absolute Gasteiger partial charge is 0.462 e. The summed E-state index contributed by atoms with van der Waals surface area (Å²) in [5.41, 5.74) is 0. The van der Waals surface area contributed by atoms with E-state index in [-0.39, 0.29) is 32.0 Å². The molecule has 1 aliphatic heterocycles. The third-order valence-electron chi connectivity index (χ3n) is 10.5. The molecule has 0 bridgehead atoms. The first kappa shape index (κ1) is 52.9. The Morgan fingerprint density at radius 2 is 0.982 bits per heavy atom. The zero-order valence-electron chi connectivity index (χ0n) is 36.1. The Hall–Kier alpha value is -2.08. The molecule has 1 aliphatic rings. The molecule has 1 rings (SSSR count). The van der Waals surface area contributed by atoms with Crippen LogP contribution in [-0.4, -0.2) is 89.0 Å². The van der Waals surface area contributed by atoms with Crippen LogP contribution in [0.2, 0.25) is 0 Å². The van der Waals surface area contributed by atoms with Gasteiger partial charge >= 0.3 is 11.9 Å². The number of allylic oxidation sites excluding steroid dienone is 6. The summed E-state index contributed by atoms with van der Waals surface area (Å²) in [6, 6.07) is 0. The normalized spacial score (nSPS) is 20.6. The van der Waals surface area contributed by atoms with E-state index < -0.39 is 49.4 Å². The van der Waals surface area contributed by atoms with Crippen LogP contribution in [0.4, 0.5) is 0 Å². The number of hydrogen-bond acceptors (Lipinski definition) is 10. The van der Waals surface area contributed by atoms with Crippen molar-refractivity contribution < 1.29 is 49.0 Å². The Labute approximate surface area is 346 Å². The van der Waals surface area contributed by atoms with Crippen molar-refractivity contribution in [3.05, 3.63) is 36.5 Å².